The summed E-state index contributed by atoms with van der Waals surface area (Å²) in [6, 6.07) is 0.451. The van der Waals surface area contributed by atoms with Crippen molar-refractivity contribution < 1.29 is 4.79 Å². The molecule has 2 N–H and O–H groups in total. The number of carbonyl (C=O) groups is 1. The monoisotopic (exact) mass is 296 g/mol. The van der Waals surface area contributed by atoms with E-state index in [1.165, 1.54) is 0 Å². The number of halogens is 2. The third-order valence-corrected chi connectivity index (χ3v) is 2.73. The van der Waals surface area contributed by atoms with Crippen LogP contribution in [-0.2, 0) is 4.79 Å². The van der Waals surface area contributed by atoms with E-state index in [0.29, 0.717) is 12.6 Å². The van der Waals surface area contributed by atoms with E-state index >= 15 is 0 Å². The molecule has 1 rings (SSSR count). The molecule has 1 saturated heterocycles. The molecule has 1 fully saturated rings. The molecule has 1 aliphatic rings. The predicted octanol–water partition coefficient (Wildman–Crippen LogP) is 1.82. The van der Waals surface area contributed by atoms with Crippen LogP contribution < -0.4 is 10.6 Å². The van der Waals surface area contributed by atoms with Crippen LogP contribution in [0.4, 0.5) is 0 Å². The lowest BCUT2D eigenvalue weighted by atomic mass is 9.92. The average Bonchev–Trinajstić information content (AvgIpc) is 2.14. The van der Waals surface area contributed by atoms with E-state index < -0.39 is 0 Å². The fourth-order valence-electron chi connectivity index (χ4n) is 1.70. The maximum absolute atomic E-state index is 11.6. The van der Waals surface area contributed by atoms with Gasteiger partial charge < -0.3 is 10.6 Å². The highest BCUT2D eigenvalue weighted by Crippen LogP contribution is 2.16. The maximum Gasteiger partial charge on any atom is 0.223 e. The van der Waals surface area contributed by atoms with Gasteiger partial charge in [0.25, 0.3) is 0 Å². The highest BCUT2D eigenvalue weighted by Gasteiger charge is 2.24. The Morgan fingerprint density at radius 1 is 1.67 bits per heavy atom. The fraction of sp³-hybridized carbons (Fsp3) is 0.700. The zero-order valence-corrected chi connectivity index (χ0v) is 11.3. The molecule has 0 aromatic heterocycles. The van der Waals surface area contributed by atoms with Crippen molar-refractivity contribution in [2.24, 2.45) is 5.92 Å². The summed E-state index contributed by atoms with van der Waals surface area (Å²) in [7, 11) is 0. The molecule has 88 valence electrons. The highest BCUT2D eigenvalue weighted by atomic mass is 79.9. The van der Waals surface area contributed by atoms with Crippen LogP contribution in [-0.4, -0.2) is 25.0 Å². The maximum atomic E-state index is 11.6. The van der Waals surface area contributed by atoms with E-state index in [1.54, 1.807) is 0 Å². The fourth-order valence-corrected chi connectivity index (χ4v) is 1.84. The molecule has 1 aliphatic heterocycles. The van der Waals surface area contributed by atoms with Gasteiger partial charge in [-0.15, -0.1) is 12.4 Å². The zero-order chi connectivity index (χ0) is 10.6. The van der Waals surface area contributed by atoms with E-state index in [-0.39, 0.29) is 24.2 Å². The van der Waals surface area contributed by atoms with Gasteiger partial charge >= 0.3 is 0 Å². The van der Waals surface area contributed by atoms with Crippen LogP contribution in [0.5, 0.6) is 0 Å². The van der Waals surface area contributed by atoms with Crippen molar-refractivity contribution in [2.45, 2.75) is 25.8 Å². The summed E-state index contributed by atoms with van der Waals surface area (Å²) in [6.45, 7) is 7.25. The Morgan fingerprint density at radius 3 is 2.87 bits per heavy atom. The molecule has 1 heterocycles. The second-order valence-corrected chi connectivity index (χ2v) is 4.93. The molecule has 0 bridgehead atoms. The van der Waals surface area contributed by atoms with Gasteiger partial charge in [-0.05, 0) is 26.3 Å². The summed E-state index contributed by atoms with van der Waals surface area (Å²) in [4.78, 5) is 11.6. The minimum Gasteiger partial charge on any atom is -0.351 e. The van der Waals surface area contributed by atoms with Gasteiger partial charge in [0, 0.05) is 23.0 Å². The normalized spacial score (nSPS) is 25.2. The number of hydrogen-bond donors (Lipinski definition) is 2. The number of hydrogen-bond acceptors (Lipinski definition) is 2. The van der Waals surface area contributed by atoms with Gasteiger partial charge in [0.1, 0.15) is 0 Å². The Labute approximate surface area is 106 Å². The first-order valence-electron chi connectivity index (χ1n) is 4.94. The third-order valence-electron chi connectivity index (χ3n) is 2.45. The van der Waals surface area contributed by atoms with Gasteiger partial charge in [0.2, 0.25) is 5.91 Å². The van der Waals surface area contributed by atoms with Crippen molar-refractivity contribution in [3.8, 4) is 0 Å². The number of carbonyl (C=O) groups excluding carboxylic acids is 1. The van der Waals surface area contributed by atoms with Crippen molar-refractivity contribution in [1.29, 1.82) is 0 Å². The second-order valence-electron chi connectivity index (χ2n) is 3.81. The summed E-state index contributed by atoms with van der Waals surface area (Å²) >= 11 is 3.22. The molecule has 0 unspecified atom stereocenters. The quantitative estimate of drug-likeness (QED) is 0.834. The first kappa shape index (κ1) is 14.9. The van der Waals surface area contributed by atoms with Gasteiger partial charge in [-0.2, -0.15) is 0 Å². The molecule has 5 heteroatoms. The molecule has 15 heavy (non-hydrogen) atoms. The molecule has 0 aliphatic carbocycles. The van der Waals surface area contributed by atoms with Gasteiger partial charge in [-0.3, -0.25) is 4.79 Å². The minimum absolute atomic E-state index is 0. The first-order chi connectivity index (χ1) is 6.59. The van der Waals surface area contributed by atoms with E-state index in [1.807, 2.05) is 0 Å². The molecule has 0 spiro atoms. The molecule has 0 radical (unpaired) electrons. The molecule has 2 atom stereocenters. The van der Waals surface area contributed by atoms with Gasteiger partial charge in [0.15, 0.2) is 0 Å². The van der Waals surface area contributed by atoms with Crippen LogP contribution in [0.15, 0.2) is 11.1 Å². The first-order valence-corrected chi connectivity index (χ1v) is 5.73. The summed E-state index contributed by atoms with van der Waals surface area (Å²) in [5.74, 6) is 0.317. The molecule has 0 aromatic rings. The largest absolute Gasteiger partial charge is 0.351 e. The zero-order valence-electron chi connectivity index (χ0n) is 8.88. The van der Waals surface area contributed by atoms with Crippen LogP contribution in [0, 0.1) is 5.92 Å². The lowest BCUT2D eigenvalue weighted by Gasteiger charge is -2.27. The SMILES string of the molecule is C=C(Br)CNC(=O)[C@H]1CCN[C@@H](C)C1.Cl. The number of rotatable bonds is 3. The van der Waals surface area contributed by atoms with Crippen molar-refractivity contribution in [3.63, 3.8) is 0 Å². The summed E-state index contributed by atoms with van der Waals surface area (Å²) in [6.07, 6.45) is 1.87. The van der Waals surface area contributed by atoms with Gasteiger partial charge in [0.05, 0.1) is 0 Å². The van der Waals surface area contributed by atoms with E-state index in [4.69, 9.17) is 0 Å². The van der Waals surface area contributed by atoms with Crippen LogP contribution >= 0.6 is 28.3 Å². The van der Waals surface area contributed by atoms with E-state index in [2.05, 4.69) is 40.1 Å². The molecule has 1 amide bonds. The number of piperidine rings is 1. The van der Waals surface area contributed by atoms with Crippen molar-refractivity contribution in [3.05, 3.63) is 11.1 Å². The highest BCUT2D eigenvalue weighted by molar-refractivity contribution is 9.11. The van der Waals surface area contributed by atoms with Crippen LogP contribution in [0.2, 0.25) is 0 Å². The molecule has 0 saturated carbocycles. The Kier molecular flexibility index (Phi) is 7.22. The Bertz CT molecular complexity index is 235. The van der Waals surface area contributed by atoms with Crippen molar-refractivity contribution >= 4 is 34.2 Å². The van der Waals surface area contributed by atoms with Crippen LogP contribution in [0.3, 0.4) is 0 Å². The average molecular weight is 298 g/mol. The summed E-state index contributed by atoms with van der Waals surface area (Å²) in [5.41, 5.74) is 0. The molecule has 3 nitrogen and oxygen atoms in total. The Morgan fingerprint density at radius 2 is 2.33 bits per heavy atom. The third kappa shape index (κ3) is 5.54. The minimum atomic E-state index is 0. The Hall–Kier alpha value is -0.0600. The second kappa shape index (κ2) is 7.25. The number of nitrogens with one attached hydrogen (secondary N) is 2. The van der Waals surface area contributed by atoms with E-state index in [9.17, 15) is 4.79 Å². The molecule has 0 aromatic carbocycles. The summed E-state index contributed by atoms with van der Waals surface area (Å²) in [5, 5.41) is 6.18. The van der Waals surface area contributed by atoms with Crippen molar-refractivity contribution in [1.82, 2.24) is 10.6 Å². The Balaban J connectivity index is 0.00000196. The van der Waals surface area contributed by atoms with Crippen LogP contribution in [0.25, 0.3) is 0 Å². The smallest absolute Gasteiger partial charge is 0.223 e. The topological polar surface area (TPSA) is 41.1 Å². The van der Waals surface area contributed by atoms with Gasteiger partial charge in [-0.1, -0.05) is 22.5 Å². The lowest BCUT2D eigenvalue weighted by Crippen LogP contribution is -2.42. The standard InChI is InChI=1S/C10H17BrN2O.ClH/c1-7(11)6-13-10(14)9-3-4-12-8(2)5-9;/h8-9,12H,1,3-6H2,2H3,(H,13,14);1H/t8-,9-;/m0./s1. The van der Waals surface area contributed by atoms with E-state index in [0.717, 1.165) is 23.9 Å². The number of amides is 1. The van der Waals surface area contributed by atoms with Crippen LogP contribution in [0.1, 0.15) is 19.8 Å². The summed E-state index contributed by atoms with van der Waals surface area (Å²) < 4.78 is 0.813. The van der Waals surface area contributed by atoms with Gasteiger partial charge in [-0.25, -0.2) is 0 Å². The predicted molar refractivity (Wildman–Crippen MR) is 68.5 cm³/mol. The lowest BCUT2D eigenvalue weighted by molar-refractivity contribution is -0.125. The molecular weight excluding hydrogens is 279 g/mol. The molecular formula is C10H18BrClN2O. The van der Waals surface area contributed by atoms with Crippen molar-refractivity contribution in [2.75, 3.05) is 13.1 Å².